The first kappa shape index (κ1) is 19.0. The highest BCUT2D eigenvalue weighted by atomic mass is 16.5. The Labute approximate surface area is 137 Å². The standard InChI is InChI=1S/C17H26N2O4/c1-5-6-9-18-15(20)11-19(3)16(17(21)22)13-10-12(2)7-8-14(13)23-4/h7-8,10,16H,5-6,9,11H2,1-4H3,(H,18,20)(H,21,22)/t16-/m1/s1. The summed E-state index contributed by atoms with van der Waals surface area (Å²) in [5.74, 6) is -0.696. The molecule has 6 nitrogen and oxygen atoms in total. The molecular weight excluding hydrogens is 296 g/mol. The van der Waals surface area contributed by atoms with Crippen molar-refractivity contribution in [3.63, 3.8) is 0 Å². The number of benzene rings is 1. The van der Waals surface area contributed by atoms with Gasteiger partial charge in [-0.05, 0) is 26.5 Å². The number of carbonyl (C=O) groups excluding carboxylic acids is 1. The Bertz CT molecular complexity index is 545. The van der Waals surface area contributed by atoms with Gasteiger partial charge >= 0.3 is 5.97 Å². The van der Waals surface area contributed by atoms with E-state index in [-0.39, 0.29) is 12.5 Å². The zero-order valence-electron chi connectivity index (χ0n) is 14.3. The fourth-order valence-corrected chi connectivity index (χ4v) is 2.40. The van der Waals surface area contributed by atoms with Crippen molar-refractivity contribution >= 4 is 11.9 Å². The Morgan fingerprint density at radius 3 is 2.65 bits per heavy atom. The monoisotopic (exact) mass is 322 g/mol. The summed E-state index contributed by atoms with van der Waals surface area (Å²) in [7, 11) is 3.13. The molecule has 0 aliphatic carbocycles. The number of hydrogen-bond donors (Lipinski definition) is 2. The molecule has 1 atom stereocenters. The summed E-state index contributed by atoms with van der Waals surface area (Å²) in [6.45, 7) is 4.55. The molecule has 1 aromatic carbocycles. The molecule has 0 unspecified atom stereocenters. The van der Waals surface area contributed by atoms with E-state index in [1.54, 1.807) is 19.2 Å². The van der Waals surface area contributed by atoms with Crippen LogP contribution in [-0.4, -0.2) is 49.1 Å². The van der Waals surface area contributed by atoms with Crippen LogP contribution in [0.5, 0.6) is 5.75 Å². The number of carboxylic acids is 1. The van der Waals surface area contributed by atoms with Gasteiger partial charge in [-0.3, -0.25) is 14.5 Å². The minimum Gasteiger partial charge on any atom is -0.496 e. The molecular formula is C17H26N2O4. The minimum atomic E-state index is -1.02. The number of carbonyl (C=O) groups is 2. The number of nitrogens with one attached hydrogen (secondary N) is 1. The predicted molar refractivity (Wildman–Crippen MR) is 88.7 cm³/mol. The quantitative estimate of drug-likeness (QED) is 0.680. The summed E-state index contributed by atoms with van der Waals surface area (Å²) in [4.78, 5) is 25.2. The van der Waals surface area contributed by atoms with Gasteiger partial charge in [0, 0.05) is 12.1 Å². The maximum absolute atomic E-state index is 11.9. The van der Waals surface area contributed by atoms with Crippen LogP contribution in [-0.2, 0) is 9.59 Å². The molecule has 6 heteroatoms. The molecule has 0 aliphatic rings. The summed E-state index contributed by atoms with van der Waals surface area (Å²) in [5.41, 5.74) is 1.48. The first-order valence-electron chi connectivity index (χ1n) is 7.75. The van der Waals surface area contributed by atoms with Gasteiger partial charge < -0.3 is 15.2 Å². The first-order valence-corrected chi connectivity index (χ1v) is 7.75. The molecule has 0 spiro atoms. The second-order valence-corrected chi connectivity index (χ2v) is 5.60. The minimum absolute atomic E-state index is 0.0117. The van der Waals surface area contributed by atoms with Crippen LogP contribution >= 0.6 is 0 Å². The van der Waals surface area contributed by atoms with Crippen molar-refractivity contribution in [3.05, 3.63) is 29.3 Å². The summed E-state index contributed by atoms with van der Waals surface area (Å²) in [6.07, 6.45) is 1.90. The van der Waals surface area contributed by atoms with E-state index in [9.17, 15) is 14.7 Å². The van der Waals surface area contributed by atoms with Crippen molar-refractivity contribution in [2.75, 3.05) is 27.2 Å². The number of carboxylic acid groups (broad SMARTS) is 1. The maximum atomic E-state index is 11.9. The molecule has 1 aromatic rings. The van der Waals surface area contributed by atoms with Crippen LogP contribution in [0.4, 0.5) is 0 Å². The fraction of sp³-hybridized carbons (Fsp3) is 0.529. The molecule has 0 fully saturated rings. The molecule has 0 aliphatic heterocycles. The zero-order valence-corrected chi connectivity index (χ0v) is 14.3. The Morgan fingerprint density at radius 2 is 2.09 bits per heavy atom. The normalized spacial score (nSPS) is 12.0. The average molecular weight is 322 g/mol. The van der Waals surface area contributed by atoms with Gasteiger partial charge in [0.1, 0.15) is 11.8 Å². The summed E-state index contributed by atoms with van der Waals surface area (Å²) in [6, 6.07) is 4.44. The van der Waals surface area contributed by atoms with Crippen LogP contribution in [0.25, 0.3) is 0 Å². The molecule has 0 radical (unpaired) electrons. The molecule has 0 saturated carbocycles. The number of rotatable bonds is 9. The molecule has 1 rings (SSSR count). The lowest BCUT2D eigenvalue weighted by Gasteiger charge is -2.26. The summed E-state index contributed by atoms with van der Waals surface area (Å²) >= 11 is 0. The Hall–Kier alpha value is -2.08. The lowest BCUT2D eigenvalue weighted by atomic mass is 10.0. The van der Waals surface area contributed by atoms with Crippen LogP contribution in [0.2, 0.25) is 0 Å². The summed E-state index contributed by atoms with van der Waals surface area (Å²) < 4.78 is 5.28. The second-order valence-electron chi connectivity index (χ2n) is 5.60. The van der Waals surface area contributed by atoms with Crippen LogP contribution in [0, 0.1) is 6.92 Å². The van der Waals surface area contributed by atoms with Crippen LogP contribution in [0.1, 0.15) is 36.9 Å². The molecule has 0 heterocycles. The fourth-order valence-electron chi connectivity index (χ4n) is 2.40. The molecule has 23 heavy (non-hydrogen) atoms. The number of ether oxygens (including phenoxy) is 1. The number of unbranched alkanes of at least 4 members (excludes halogenated alkanes) is 1. The van der Waals surface area contributed by atoms with Crippen molar-refractivity contribution in [1.82, 2.24) is 10.2 Å². The van der Waals surface area contributed by atoms with Crippen LogP contribution in [0.3, 0.4) is 0 Å². The maximum Gasteiger partial charge on any atom is 0.325 e. The number of aryl methyl sites for hydroxylation is 1. The van der Waals surface area contributed by atoms with E-state index in [0.717, 1.165) is 18.4 Å². The van der Waals surface area contributed by atoms with Gasteiger partial charge in [-0.2, -0.15) is 0 Å². The highest BCUT2D eigenvalue weighted by molar-refractivity contribution is 5.81. The third kappa shape index (κ3) is 5.56. The van der Waals surface area contributed by atoms with E-state index in [1.807, 2.05) is 19.9 Å². The van der Waals surface area contributed by atoms with Gasteiger partial charge in [0.25, 0.3) is 0 Å². The van der Waals surface area contributed by atoms with Crippen molar-refractivity contribution in [2.45, 2.75) is 32.7 Å². The third-order valence-electron chi connectivity index (χ3n) is 3.60. The third-order valence-corrected chi connectivity index (χ3v) is 3.60. The van der Waals surface area contributed by atoms with Crippen molar-refractivity contribution in [1.29, 1.82) is 0 Å². The number of likely N-dealkylation sites (N-methyl/N-ethyl adjacent to an activating group) is 1. The molecule has 2 N–H and O–H groups in total. The number of methoxy groups -OCH3 is 1. The predicted octanol–water partition coefficient (Wildman–Crippen LogP) is 1.98. The molecule has 0 bridgehead atoms. The van der Waals surface area contributed by atoms with Crippen molar-refractivity contribution in [2.24, 2.45) is 0 Å². The Morgan fingerprint density at radius 1 is 1.39 bits per heavy atom. The van der Waals surface area contributed by atoms with Crippen molar-refractivity contribution in [3.8, 4) is 5.75 Å². The van der Waals surface area contributed by atoms with Gasteiger partial charge in [-0.25, -0.2) is 0 Å². The topological polar surface area (TPSA) is 78.9 Å². The van der Waals surface area contributed by atoms with E-state index < -0.39 is 12.0 Å². The lowest BCUT2D eigenvalue weighted by molar-refractivity contribution is -0.143. The van der Waals surface area contributed by atoms with Gasteiger partial charge in [-0.1, -0.05) is 31.0 Å². The van der Waals surface area contributed by atoms with Crippen LogP contribution in [0.15, 0.2) is 18.2 Å². The van der Waals surface area contributed by atoms with E-state index in [4.69, 9.17) is 4.74 Å². The highest BCUT2D eigenvalue weighted by Crippen LogP contribution is 2.29. The smallest absolute Gasteiger partial charge is 0.325 e. The number of nitrogens with zero attached hydrogens (tertiary/aromatic N) is 1. The number of aliphatic carboxylic acids is 1. The van der Waals surface area contributed by atoms with Gasteiger partial charge in [-0.15, -0.1) is 0 Å². The van der Waals surface area contributed by atoms with Crippen molar-refractivity contribution < 1.29 is 19.4 Å². The zero-order chi connectivity index (χ0) is 17.4. The van der Waals surface area contributed by atoms with Gasteiger partial charge in [0.2, 0.25) is 5.91 Å². The van der Waals surface area contributed by atoms with E-state index >= 15 is 0 Å². The Balaban J connectivity index is 2.92. The van der Waals surface area contributed by atoms with E-state index in [0.29, 0.717) is 17.9 Å². The first-order chi connectivity index (χ1) is 10.9. The molecule has 0 aromatic heterocycles. The van der Waals surface area contributed by atoms with Gasteiger partial charge in [0.05, 0.1) is 13.7 Å². The average Bonchev–Trinajstić information content (AvgIpc) is 2.47. The second kappa shape index (κ2) is 9.15. The van der Waals surface area contributed by atoms with Crippen LogP contribution < -0.4 is 10.1 Å². The number of hydrogen-bond acceptors (Lipinski definition) is 4. The summed E-state index contributed by atoms with van der Waals surface area (Å²) in [5, 5.41) is 12.4. The van der Waals surface area contributed by atoms with Gasteiger partial charge in [0.15, 0.2) is 0 Å². The SMILES string of the molecule is CCCCNC(=O)CN(C)[C@@H](C(=O)O)c1cc(C)ccc1OC. The molecule has 128 valence electrons. The molecule has 1 amide bonds. The molecule has 0 saturated heterocycles. The van der Waals surface area contributed by atoms with E-state index in [1.165, 1.54) is 12.0 Å². The highest BCUT2D eigenvalue weighted by Gasteiger charge is 2.29. The van der Waals surface area contributed by atoms with E-state index in [2.05, 4.69) is 5.32 Å². The largest absolute Gasteiger partial charge is 0.496 e. The number of amides is 1. The lowest BCUT2D eigenvalue weighted by Crippen LogP contribution is -2.40. The Kier molecular flexibility index (Phi) is 7.54.